The lowest BCUT2D eigenvalue weighted by molar-refractivity contribution is -0.137. The number of carbonyl (C=O) groups is 1. The van der Waals surface area contributed by atoms with Gasteiger partial charge in [-0.05, 0) is 12.8 Å². The molecule has 126 valence electrons. The van der Waals surface area contributed by atoms with E-state index in [4.69, 9.17) is 24.1 Å². The molecule has 0 aliphatic heterocycles. The molecule has 0 heterocycles. The van der Waals surface area contributed by atoms with Gasteiger partial charge in [0, 0.05) is 19.6 Å². The van der Waals surface area contributed by atoms with Crippen LogP contribution in [0.3, 0.4) is 0 Å². The highest BCUT2D eigenvalue weighted by molar-refractivity contribution is 5.66. The average Bonchev–Trinajstić information content (AvgIpc) is 2.46. The first kappa shape index (κ1) is 20.3. The zero-order chi connectivity index (χ0) is 15.6. The van der Waals surface area contributed by atoms with E-state index in [-0.39, 0.29) is 6.42 Å². The topological polar surface area (TPSA) is 74.2 Å². The fourth-order valence-electron chi connectivity index (χ4n) is 1.54. The highest BCUT2D eigenvalue weighted by Crippen LogP contribution is 1.94. The molecule has 0 rings (SSSR count). The van der Waals surface area contributed by atoms with Gasteiger partial charge < -0.3 is 24.1 Å². The standard InChI is InChI=1S/C15H30O6/c1-2-3-4-7-18-9-11-20-13-14-21-12-10-19-8-5-6-15(16)17/h2-14H2,1H3,(H,16,17). The minimum atomic E-state index is -0.790. The molecule has 0 aromatic rings. The van der Waals surface area contributed by atoms with Crippen LogP contribution in [0.2, 0.25) is 0 Å². The maximum atomic E-state index is 10.2. The normalized spacial score (nSPS) is 10.9. The van der Waals surface area contributed by atoms with E-state index in [9.17, 15) is 4.79 Å². The van der Waals surface area contributed by atoms with Crippen molar-refractivity contribution in [2.45, 2.75) is 39.0 Å². The fraction of sp³-hybridized carbons (Fsp3) is 0.933. The Labute approximate surface area is 127 Å². The van der Waals surface area contributed by atoms with Crippen LogP contribution in [-0.4, -0.2) is 63.9 Å². The molecule has 1 N–H and O–H groups in total. The third-order valence-electron chi connectivity index (χ3n) is 2.69. The van der Waals surface area contributed by atoms with Crippen LogP contribution in [0.25, 0.3) is 0 Å². The largest absolute Gasteiger partial charge is 0.481 e. The molecule has 0 unspecified atom stereocenters. The maximum Gasteiger partial charge on any atom is 0.303 e. The van der Waals surface area contributed by atoms with Gasteiger partial charge in [0.2, 0.25) is 0 Å². The third-order valence-corrected chi connectivity index (χ3v) is 2.69. The number of ether oxygens (including phenoxy) is 4. The maximum absolute atomic E-state index is 10.2. The Balaban J connectivity index is 2.95. The molecular weight excluding hydrogens is 276 g/mol. The van der Waals surface area contributed by atoms with Crippen molar-refractivity contribution >= 4 is 5.97 Å². The van der Waals surface area contributed by atoms with Gasteiger partial charge in [0.15, 0.2) is 0 Å². The van der Waals surface area contributed by atoms with Crippen molar-refractivity contribution in [1.82, 2.24) is 0 Å². The summed E-state index contributed by atoms with van der Waals surface area (Å²) in [7, 11) is 0. The zero-order valence-electron chi connectivity index (χ0n) is 13.2. The fourth-order valence-corrected chi connectivity index (χ4v) is 1.54. The van der Waals surface area contributed by atoms with E-state index < -0.39 is 5.97 Å². The van der Waals surface area contributed by atoms with E-state index >= 15 is 0 Å². The van der Waals surface area contributed by atoms with Crippen LogP contribution in [0.1, 0.15) is 39.0 Å². The van der Waals surface area contributed by atoms with E-state index in [0.29, 0.717) is 52.7 Å². The molecule has 0 aromatic carbocycles. The highest BCUT2D eigenvalue weighted by atomic mass is 16.6. The Bertz CT molecular complexity index is 222. The summed E-state index contributed by atoms with van der Waals surface area (Å²) in [6.07, 6.45) is 4.23. The van der Waals surface area contributed by atoms with E-state index in [1.54, 1.807) is 0 Å². The van der Waals surface area contributed by atoms with Crippen LogP contribution in [0, 0.1) is 0 Å². The SMILES string of the molecule is CCCCCOCCOCCOCCOCCCC(=O)O. The quantitative estimate of drug-likeness (QED) is 0.415. The number of rotatable bonds is 17. The summed E-state index contributed by atoms with van der Waals surface area (Å²) in [5.74, 6) is -0.790. The molecule has 0 atom stereocenters. The monoisotopic (exact) mass is 306 g/mol. The number of unbranched alkanes of at least 4 members (excludes halogenated alkanes) is 2. The van der Waals surface area contributed by atoms with Gasteiger partial charge in [-0.3, -0.25) is 4.79 Å². The number of hydrogen-bond donors (Lipinski definition) is 1. The van der Waals surface area contributed by atoms with Crippen molar-refractivity contribution in [3.05, 3.63) is 0 Å². The first-order valence-electron chi connectivity index (χ1n) is 7.80. The molecule has 21 heavy (non-hydrogen) atoms. The molecule has 0 radical (unpaired) electrons. The van der Waals surface area contributed by atoms with Gasteiger partial charge in [0.1, 0.15) is 0 Å². The van der Waals surface area contributed by atoms with E-state index in [0.717, 1.165) is 13.0 Å². The zero-order valence-corrected chi connectivity index (χ0v) is 13.2. The van der Waals surface area contributed by atoms with Gasteiger partial charge in [0.25, 0.3) is 0 Å². The molecule has 6 heteroatoms. The summed E-state index contributed by atoms with van der Waals surface area (Å²) < 4.78 is 21.3. The minimum Gasteiger partial charge on any atom is -0.481 e. The van der Waals surface area contributed by atoms with Crippen LogP contribution in [0.5, 0.6) is 0 Å². The van der Waals surface area contributed by atoms with Crippen LogP contribution in [0.15, 0.2) is 0 Å². The lowest BCUT2D eigenvalue weighted by Gasteiger charge is -2.07. The predicted molar refractivity (Wildman–Crippen MR) is 79.7 cm³/mol. The lowest BCUT2D eigenvalue weighted by Crippen LogP contribution is -2.12. The first-order chi connectivity index (χ1) is 10.3. The lowest BCUT2D eigenvalue weighted by atomic mass is 10.3. The van der Waals surface area contributed by atoms with Gasteiger partial charge in [-0.2, -0.15) is 0 Å². The Kier molecular flexibility index (Phi) is 16.8. The second-order valence-electron chi connectivity index (χ2n) is 4.65. The number of hydrogen-bond acceptors (Lipinski definition) is 5. The van der Waals surface area contributed by atoms with Gasteiger partial charge >= 0.3 is 5.97 Å². The second kappa shape index (κ2) is 17.4. The summed E-state index contributed by atoms with van der Waals surface area (Å²) in [6, 6.07) is 0. The van der Waals surface area contributed by atoms with Crippen molar-refractivity contribution in [1.29, 1.82) is 0 Å². The number of carboxylic acids is 1. The minimum absolute atomic E-state index is 0.148. The van der Waals surface area contributed by atoms with Gasteiger partial charge in [0.05, 0.1) is 39.6 Å². The Morgan fingerprint density at radius 1 is 0.714 bits per heavy atom. The van der Waals surface area contributed by atoms with E-state index in [1.165, 1.54) is 12.8 Å². The van der Waals surface area contributed by atoms with Crippen LogP contribution in [-0.2, 0) is 23.7 Å². The third kappa shape index (κ3) is 19.3. The Hall–Kier alpha value is -0.690. The molecule has 6 nitrogen and oxygen atoms in total. The van der Waals surface area contributed by atoms with Gasteiger partial charge in [-0.15, -0.1) is 0 Å². The summed E-state index contributed by atoms with van der Waals surface area (Å²) in [4.78, 5) is 10.2. The van der Waals surface area contributed by atoms with Crippen molar-refractivity contribution in [2.75, 3.05) is 52.9 Å². The second-order valence-corrected chi connectivity index (χ2v) is 4.65. The van der Waals surface area contributed by atoms with Crippen LogP contribution < -0.4 is 0 Å². The molecule has 0 spiro atoms. The van der Waals surface area contributed by atoms with Gasteiger partial charge in [-0.25, -0.2) is 0 Å². The molecule has 0 amide bonds. The van der Waals surface area contributed by atoms with Gasteiger partial charge in [-0.1, -0.05) is 19.8 Å². The summed E-state index contributed by atoms with van der Waals surface area (Å²) in [5, 5.41) is 8.43. The average molecular weight is 306 g/mol. The predicted octanol–water partition coefficient (Wildman–Crippen LogP) is 2.11. The molecule has 0 saturated carbocycles. The first-order valence-corrected chi connectivity index (χ1v) is 7.80. The molecule has 0 saturated heterocycles. The van der Waals surface area contributed by atoms with Crippen molar-refractivity contribution in [2.24, 2.45) is 0 Å². The molecule has 0 aromatic heterocycles. The number of carboxylic acid groups (broad SMARTS) is 1. The molecule has 0 aliphatic rings. The summed E-state index contributed by atoms with van der Waals surface area (Å²) in [5.41, 5.74) is 0. The molecule has 0 aliphatic carbocycles. The van der Waals surface area contributed by atoms with E-state index in [2.05, 4.69) is 6.92 Å². The van der Waals surface area contributed by atoms with Crippen LogP contribution in [0.4, 0.5) is 0 Å². The highest BCUT2D eigenvalue weighted by Gasteiger charge is 1.96. The van der Waals surface area contributed by atoms with Crippen molar-refractivity contribution in [3.8, 4) is 0 Å². The molecular formula is C15H30O6. The summed E-state index contributed by atoms with van der Waals surface area (Å²) >= 11 is 0. The summed E-state index contributed by atoms with van der Waals surface area (Å²) in [6.45, 7) is 6.76. The van der Waals surface area contributed by atoms with Crippen molar-refractivity contribution < 1.29 is 28.8 Å². The van der Waals surface area contributed by atoms with Crippen LogP contribution >= 0.6 is 0 Å². The Morgan fingerprint density at radius 3 is 1.57 bits per heavy atom. The number of aliphatic carboxylic acids is 1. The molecule has 0 bridgehead atoms. The Morgan fingerprint density at radius 2 is 1.14 bits per heavy atom. The van der Waals surface area contributed by atoms with Crippen molar-refractivity contribution in [3.63, 3.8) is 0 Å². The molecule has 0 fully saturated rings. The smallest absolute Gasteiger partial charge is 0.303 e. The van der Waals surface area contributed by atoms with E-state index in [1.807, 2.05) is 0 Å².